The number of hydrogen-bond donors (Lipinski definition) is 0. The lowest BCUT2D eigenvalue weighted by Gasteiger charge is -2.18. The lowest BCUT2D eigenvalue weighted by atomic mass is 10.0. The summed E-state index contributed by atoms with van der Waals surface area (Å²) in [6, 6.07) is 5.48. The first-order valence-electron chi connectivity index (χ1n) is 7.63. The zero-order chi connectivity index (χ0) is 15.0. The zero-order valence-corrected chi connectivity index (χ0v) is 12.2. The molecule has 0 saturated heterocycles. The van der Waals surface area contributed by atoms with E-state index < -0.39 is 11.7 Å². The third kappa shape index (κ3) is 2.39. The first-order valence-corrected chi connectivity index (χ1v) is 7.63. The molecule has 1 amide bonds. The summed E-state index contributed by atoms with van der Waals surface area (Å²) in [6.45, 7) is 2.04. The van der Waals surface area contributed by atoms with Crippen LogP contribution in [0.15, 0.2) is 18.2 Å². The first kappa shape index (κ1) is 14.0. The fourth-order valence-electron chi connectivity index (χ4n) is 3.26. The number of rotatable bonds is 4. The molecule has 0 atom stereocenters. The third-order valence-corrected chi connectivity index (χ3v) is 4.57. The van der Waals surface area contributed by atoms with Crippen molar-refractivity contribution >= 4 is 23.2 Å². The molecule has 0 aromatic heterocycles. The van der Waals surface area contributed by atoms with Crippen LogP contribution in [0, 0.1) is 5.92 Å². The van der Waals surface area contributed by atoms with Gasteiger partial charge in [-0.1, -0.05) is 25.8 Å². The highest BCUT2D eigenvalue weighted by Crippen LogP contribution is 2.31. The van der Waals surface area contributed by atoms with Crippen LogP contribution in [-0.4, -0.2) is 24.0 Å². The number of anilines is 1. The summed E-state index contributed by atoms with van der Waals surface area (Å²) >= 11 is 0. The fourth-order valence-corrected chi connectivity index (χ4v) is 3.26. The molecule has 1 aliphatic carbocycles. The summed E-state index contributed by atoms with van der Waals surface area (Å²) in [7, 11) is 0. The van der Waals surface area contributed by atoms with Gasteiger partial charge in [0.15, 0.2) is 5.78 Å². The van der Waals surface area contributed by atoms with Crippen molar-refractivity contribution in [3.05, 3.63) is 29.3 Å². The summed E-state index contributed by atoms with van der Waals surface area (Å²) in [6.07, 6.45) is 4.81. The predicted octanol–water partition coefficient (Wildman–Crippen LogP) is 2.54. The van der Waals surface area contributed by atoms with Crippen molar-refractivity contribution in [3.8, 4) is 0 Å². The summed E-state index contributed by atoms with van der Waals surface area (Å²) in [5.74, 6) is -0.906. The Balaban J connectivity index is 1.85. The van der Waals surface area contributed by atoms with E-state index in [0.29, 0.717) is 11.3 Å². The second-order valence-corrected chi connectivity index (χ2v) is 5.87. The molecule has 21 heavy (non-hydrogen) atoms. The van der Waals surface area contributed by atoms with Gasteiger partial charge in [-0.3, -0.25) is 19.3 Å². The molecule has 1 heterocycles. The molecular weight excluding hydrogens is 266 g/mol. The van der Waals surface area contributed by atoms with Gasteiger partial charge in [-0.05, 0) is 37.0 Å². The first-order chi connectivity index (χ1) is 10.1. The Morgan fingerprint density at radius 1 is 1.24 bits per heavy atom. The quantitative estimate of drug-likeness (QED) is 0.799. The molecular formula is C17H19NO3. The van der Waals surface area contributed by atoms with E-state index >= 15 is 0 Å². The van der Waals surface area contributed by atoms with E-state index in [2.05, 4.69) is 0 Å². The number of Topliss-reactive ketones (excluding diaryl/α,β-unsaturated/α-hetero) is 2. The Kier molecular flexibility index (Phi) is 3.62. The van der Waals surface area contributed by atoms with E-state index in [-0.39, 0.29) is 18.2 Å². The Labute approximate surface area is 124 Å². The van der Waals surface area contributed by atoms with Gasteiger partial charge < -0.3 is 0 Å². The molecule has 4 nitrogen and oxygen atoms in total. The highest BCUT2D eigenvalue weighted by atomic mass is 16.2. The molecule has 1 saturated carbocycles. The molecule has 1 aromatic rings. The standard InChI is InChI=1S/C17H19NO3/c1-2-11-7-8-14-13(9-11)16(20)17(21)18(14)10-15(19)12-5-3-4-6-12/h7-9,12H,2-6,10H2,1H3. The van der Waals surface area contributed by atoms with Crippen molar-refractivity contribution in [1.82, 2.24) is 0 Å². The maximum atomic E-state index is 12.3. The average Bonchev–Trinajstić information content (AvgIpc) is 3.11. The lowest BCUT2D eigenvalue weighted by molar-refractivity contribution is -0.123. The van der Waals surface area contributed by atoms with Gasteiger partial charge in [0.2, 0.25) is 0 Å². The summed E-state index contributed by atoms with van der Waals surface area (Å²) < 4.78 is 0. The van der Waals surface area contributed by atoms with E-state index in [9.17, 15) is 14.4 Å². The molecule has 1 aliphatic heterocycles. The van der Waals surface area contributed by atoms with Crippen molar-refractivity contribution in [2.45, 2.75) is 39.0 Å². The number of hydrogen-bond acceptors (Lipinski definition) is 3. The highest BCUT2D eigenvalue weighted by Gasteiger charge is 2.38. The minimum absolute atomic E-state index is 0.0354. The fraction of sp³-hybridized carbons (Fsp3) is 0.471. The lowest BCUT2D eigenvalue weighted by Crippen LogP contribution is -2.36. The molecule has 0 spiro atoms. The van der Waals surface area contributed by atoms with Gasteiger partial charge >= 0.3 is 0 Å². The molecule has 3 rings (SSSR count). The molecule has 1 aromatic carbocycles. The van der Waals surface area contributed by atoms with Crippen molar-refractivity contribution in [3.63, 3.8) is 0 Å². The third-order valence-electron chi connectivity index (χ3n) is 4.57. The van der Waals surface area contributed by atoms with Crippen LogP contribution in [0.5, 0.6) is 0 Å². The number of fused-ring (bicyclic) bond motifs is 1. The van der Waals surface area contributed by atoms with Gasteiger partial charge in [0.05, 0.1) is 17.8 Å². The number of ketones is 2. The van der Waals surface area contributed by atoms with Crippen LogP contribution < -0.4 is 4.90 Å². The van der Waals surface area contributed by atoms with Crippen molar-refractivity contribution < 1.29 is 14.4 Å². The number of nitrogens with zero attached hydrogens (tertiary/aromatic N) is 1. The summed E-state index contributed by atoms with van der Waals surface area (Å²) in [5, 5.41) is 0. The maximum absolute atomic E-state index is 12.3. The van der Waals surface area contributed by atoms with E-state index in [1.807, 2.05) is 13.0 Å². The summed E-state index contributed by atoms with van der Waals surface area (Å²) in [4.78, 5) is 37.9. The normalized spacial score (nSPS) is 18.4. The SMILES string of the molecule is CCc1ccc2c(c1)C(=O)C(=O)N2CC(=O)C1CCCC1. The topological polar surface area (TPSA) is 54.5 Å². The number of amides is 1. The largest absolute Gasteiger partial charge is 0.299 e. The van der Waals surface area contributed by atoms with Crippen molar-refractivity contribution in [2.75, 3.05) is 11.4 Å². The minimum Gasteiger partial charge on any atom is -0.297 e. The Morgan fingerprint density at radius 3 is 2.62 bits per heavy atom. The van der Waals surface area contributed by atoms with Crippen LogP contribution in [0.3, 0.4) is 0 Å². The smallest absolute Gasteiger partial charge is 0.297 e. The van der Waals surface area contributed by atoms with Crippen molar-refractivity contribution in [1.29, 1.82) is 0 Å². The highest BCUT2D eigenvalue weighted by molar-refractivity contribution is 6.52. The average molecular weight is 285 g/mol. The van der Waals surface area contributed by atoms with Crippen LogP contribution in [0.2, 0.25) is 0 Å². The molecule has 0 unspecified atom stereocenters. The molecule has 1 fully saturated rings. The van der Waals surface area contributed by atoms with Gasteiger partial charge in [0, 0.05) is 5.92 Å². The predicted molar refractivity (Wildman–Crippen MR) is 79.5 cm³/mol. The molecule has 0 radical (unpaired) electrons. The van der Waals surface area contributed by atoms with E-state index in [0.717, 1.165) is 37.7 Å². The van der Waals surface area contributed by atoms with E-state index in [1.54, 1.807) is 12.1 Å². The molecule has 0 bridgehead atoms. The van der Waals surface area contributed by atoms with Gasteiger partial charge in [-0.25, -0.2) is 0 Å². The van der Waals surface area contributed by atoms with Gasteiger partial charge in [-0.2, -0.15) is 0 Å². The van der Waals surface area contributed by atoms with Crippen LogP contribution in [-0.2, 0) is 16.0 Å². The zero-order valence-electron chi connectivity index (χ0n) is 12.2. The summed E-state index contributed by atoms with van der Waals surface area (Å²) in [5.41, 5.74) is 2.06. The van der Waals surface area contributed by atoms with Gasteiger partial charge in [0.1, 0.15) is 0 Å². The maximum Gasteiger partial charge on any atom is 0.299 e. The molecule has 110 valence electrons. The Hall–Kier alpha value is -1.97. The van der Waals surface area contributed by atoms with E-state index in [4.69, 9.17) is 0 Å². The van der Waals surface area contributed by atoms with Crippen LogP contribution >= 0.6 is 0 Å². The van der Waals surface area contributed by atoms with Crippen LogP contribution in [0.4, 0.5) is 5.69 Å². The molecule has 2 aliphatic rings. The monoisotopic (exact) mass is 285 g/mol. The minimum atomic E-state index is -0.565. The van der Waals surface area contributed by atoms with Gasteiger partial charge in [0.25, 0.3) is 11.7 Å². The number of carbonyl (C=O) groups is 3. The Morgan fingerprint density at radius 2 is 1.95 bits per heavy atom. The molecule has 4 heteroatoms. The number of carbonyl (C=O) groups excluding carboxylic acids is 3. The van der Waals surface area contributed by atoms with Crippen LogP contribution in [0.25, 0.3) is 0 Å². The Bertz CT molecular complexity index is 614. The number of benzene rings is 1. The van der Waals surface area contributed by atoms with Crippen LogP contribution in [0.1, 0.15) is 48.5 Å². The van der Waals surface area contributed by atoms with Gasteiger partial charge in [-0.15, -0.1) is 0 Å². The van der Waals surface area contributed by atoms with E-state index in [1.165, 1.54) is 4.90 Å². The second-order valence-electron chi connectivity index (χ2n) is 5.87. The second kappa shape index (κ2) is 5.43. The van der Waals surface area contributed by atoms with Crippen molar-refractivity contribution in [2.24, 2.45) is 5.92 Å². The number of aryl methyl sites for hydroxylation is 1. The molecule has 0 N–H and O–H groups in total.